The van der Waals surface area contributed by atoms with Crippen molar-refractivity contribution >= 4 is 11.9 Å². The minimum absolute atomic E-state index is 0.0280. The van der Waals surface area contributed by atoms with Gasteiger partial charge in [0.05, 0.1) is 18.0 Å². The number of carboxylic acid groups (broad SMARTS) is 1. The van der Waals surface area contributed by atoms with Crippen molar-refractivity contribution in [3.05, 3.63) is 92.1 Å². The molecule has 0 fully saturated rings. The van der Waals surface area contributed by atoms with E-state index in [4.69, 9.17) is 0 Å². The zero-order chi connectivity index (χ0) is 32.9. The first-order valence-electron chi connectivity index (χ1n) is 14.4. The van der Waals surface area contributed by atoms with Gasteiger partial charge >= 0.3 is 12.1 Å². The molecule has 11 heteroatoms. The van der Waals surface area contributed by atoms with E-state index >= 15 is 4.39 Å². The molecule has 0 radical (unpaired) electrons. The number of hydrogen-bond acceptors (Lipinski definition) is 4. The molecule has 3 rings (SSSR count). The molecule has 0 aliphatic carbocycles. The van der Waals surface area contributed by atoms with Crippen molar-refractivity contribution in [3.8, 4) is 11.1 Å². The number of benzene rings is 2. The van der Waals surface area contributed by atoms with Gasteiger partial charge in [0.2, 0.25) is 5.91 Å². The standard InChI is InChI=1S/C33H39F4N3O4/c1-7-9-27(40-18-22(12-13-39(5)6)25(16-28(40)41)33(35,36)37)32(44)38-26(17-29(42)43)24-15-23(14-21(4)31(24)34)30-19(2)10-8-11-20(30)3/h8,10-11,14-16,18,26-27H,7,9,12-13,17H2,1-6H3,(H,38,44)(H,42,43)/t26-,27?/m0/s1. The summed E-state index contributed by atoms with van der Waals surface area (Å²) in [6, 6.07) is 6.79. The van der Waals surface area contributed by atoms with Gasteiger partial charge in [-0.2, -0.15) is 13.2 Å². The lowest BCUT2D eigenvalue weighted by Crippen LogP contribution is -2.40. The predicted octanol–water partition coefficient (Wildman–Crippen LogP) is 6.38. The Morgan fingerprint density at radius 2 is 1.68 bits per heavy atom. The summed E-state index contributed by atoms with van der Waals surface area (Å²) in [5, 5.41) is 12.3. The second-order valence-corrected chi connectivity index (χ2v) is 11.4. The van der Waals surface area contributed by atoms with Gasteiger partial charge in [-0.05, 0) is 93.2 Å². The van der Waals surface area contributed by atoms with E-state index in [1.165, 1.54) is 6.07 Å². The number of carboxylic acids is 1. The average Bonchev–Trinajstić information content (AvgIpc) is 2.91. The van der Waals surface area contributed by atoms with Crippen LogP contribution in [0.15, 0.2) is 47.4 Å². The van der Waals surface area contributed by atoms with Crippen LogP contribution in [0.5, 0.6) is 0 Å². The van der Waals surface area contributed by atoms with Crippen LogP contribution in [0.25, 0.3) is 11.1 Å². The van der Waals surface area contributed by atoms with E-state index in [-0.39, 0.29) is 36.1 Å². The molecule has 3 aromatic rings. The highest BCUT2D eigenvalue weighted by atomic mass is 19.4. The number of nitrogens with one attached hydrogen (secondary N) is 1. The fraction of sp³-hybridized carbons (Fsp3) is 0.424. The van der Waals surface area contributed by atoms with Crippen molar-refractivity contribution in [2.75, 3.05) is 20.6 Å². The number of rotatable bonds is 12. The minimum Gasteiger partial charge on any atom is -0.481 e. The Morgan fingerprint density at radius 1 is 1.05 bits per heavy atom. The van der Waals surface area contributed by atoms with Crippen molar-refractivity contribution in [1.82, 2.24) is 14.8 Å². The Hall–Kier alpha value is -3.99. The highest BCUT2D eigenvalue weighted by Gasteiger charge is 2.35. The van der Waals surface area contributed by atoms with E-state index < -0.39 is 53.5 Å². The zero-order valence-electron chi connectivity index (χ0n) is 25.8. The summed E-state index contributed by atoms with van der Waals surface area (Å²) >= 11 is 0. The quantitative estimate of drug-likeness (QED) is 0.230. The number of hydrogen-bond donors (Lipinski definition) is 2. The Labute approximate surface area is 254 Å². The van der Waals surface area contributed by atoms with Crippen LogP contribution < -0.4 is 10.9 Å². The summed E-state index contributed by atoms with van der Waals surface area (Å²) in [6.07, 6.45) is -3.93. The second kappa shape index (κ2) is 14.2. The molecule has 1 heterocycles. The maximum absolute atomic E-state index is 15.6. The van der Waals surface area contributed by atoms with Gasteiger partial charge < -0.3 is 19.9 Å². The van der Waals surface area contributed by atoms with Gasteiger partial charge in [-0.1, -0.05) is 31.5 Å². The third-order valence-electron chi connectivity index (χ3n) is 7.62. The van der Waals surface area contributed by atoms with Crippen LogP contribution in [0.3, 0.4) is 0 Å². The molecule has 0 aliphatic rings. The van der Waals surface area contributed by atoms with Crippen molar-refractivity contribution in [2.45, 2.75) is 71.6 Å². The molecule has 0 bridgehead atoms. The number of aliphatic carboxylic acids is 1. The number of likely N-dealkylation sites (N-methyl/N-ethyl adjacent to an activating group) is 1. The molecule has 1 aromatic heterocycles. The molecule has 2 aromatic carbocycles. The number of amides is 1. The highest BCUT2D eigenvalue weighted by molar-refractivity contribution is 5.82. The van der Waals surface area contributed by atoms with Gasteiger partial charge in [0.15, 0.2) is 0 Å². The van der Waals surface area contributed by atoms with E-state index in [2.05, 4.69) is 5.32 Å². The molecule has 1 unspecified atom stereocenters. The van der Waals surface area contributed by atoms with E-state index in [9.17, 15) is 32.7 Å². The van der Waals surface area contributed by atoms with Crippen molar-refractivity contribution in [2.24, 2.45) is 0 Å². The van der Waals surface area contributed by atoms with Gasteiger partial charge in [0.1, 0.15) is 11.9 Å². The topological polar surface area (TPSA) is 91.6 Å². The van der Waals surface area contributed by atoms with E-state index in [0.29, 0.717) is 18.1 Å². The summed E-state index contributed by atoms with van der Waals surface area (Å²) in [5.41, 5.74) is 1.32. The summed E-state index contributed by atoms with van der Waals surface area (Å²) in [4.78, 5) is 40.4. The molecular weight excluding hydrogens is 578 g/mol. The van der Waals surface area contributed by atoms with Crippen molar-refractivity contribution in [3.63, 3.8) is 0 Å². The molecule has 0 spiro atoms. The molecule has 7 nitrogen and oxygen atoms in total. The predicted molar refractivity (Wildman–Crippen MR) is 161 cm³/mol. The molecule has 2 N–H and O–H groups in total. The summed E-state index contributed by atoms with van der Waals surface area (Å²) < 4.78 is 58.0. The third kappa shape index (κ3) is 8.13. The Morgan fingerprint density at radius 3 is 2.23 bits per heavy atom. The average molecular weight is 618 g/mol. The highest BCUT2D eigenvalue weighted by Crippen LogP contribution is 2.34. The first-order valence-corrected chi connectivity index (χ1v) is 14.4. The Kier molecular flexibility index (Phi) is 11.1. The second-order valence-electron chi connectivity index (χ2n) is 11.4. The van der Waals surface area contributed by atoms with E-state index in [1.807, 2.05) is 32.0 Å². The molecule has 0 saturated carbocycles. The lowest BCUT2D eigenvalue weighted by atomic mass is 9.90. The first-order chi connectivity index (χ1) is 20.5. The number of aromatic nitrogens is 1. The maximum atomic E-state index is 15.6. The number of nitrogens with zero attached hydrogens (tertiary/aromatic N) is 2. The third-order valence-corrected chi connectivity index (χ3v) is 7.62. The van der Waals surface area contributed by atoms with Gasteiger partial charge in [0, 0.05) is 24.4 Å². The van der Waals surface area contributed by atoms with Gasteiger partial charge in [-0.15, -0.1) is 0 Å². The van der Waals surface area contributed by atoms with E-state index in [1.54, 1.807) is 38.9 Å². The summed E-state index contributed by atoms with van der Waals surface area (Å²) in [5.74, 6) is -2.78. The molecule has 0 aliphatic heterocycles. The number of aryl methyl sites for hydroxylation is 3. The number of pyridine rings is 1. The van der Waals surface area contributed by atoms with Gasteiger partial charge in [-0.25, -0.2) is 4.39 Å². The number of halogens is 4. The minimum atomic E-state index is -4.77. The van der Waals surface area contributed by atoms with Crippen LogP contribution in [0, 0.1) is 26.6 Å². The monoisotopic (exact) mass is 617 g/mol. The molecule has 238 valence electrons. The molecule has 44 heavy (non-hydrogen) atoms. The number of carbonyl (C=O) groups excluding carboxylic acids is 1. The van der Waals surface area contributed by atoms with Crippen LogP contribution in [0.4, 0.5) is 17.6 Å². The SMILES string of the molecule is CCCC(C(=O)N[C@@H](CC(=O)O)c1cc(-c2c(C)cccc2C)cc(C)c1F)n1cc(CCN(C)C)c(C(F)(F)F)cc1=O. The molecule has 1 amide bonds. The fourth-order valence-corrected chi connectivity index (χ4v) is 5.46. The van der Waals surface area contributed by atoms with Crippen LogP contribution in [0.1, 0.15) is 71.7 Å². The Bertz CT molecular complexity index is 1560. The number of alkyl halides is 3. The van der Waals surface area contributed by atoms with Gasteiger partial charge in [-0.3, -0.25) is 14.4 Å². The zero-order valence-corrected chi connectivity index (χ0v) is 25.8. The lowest BCUT2D eigenvalue weighted by molar-refractivity contribution is -0.139. The maximum Gasteiger partial charge on any atom is 0.416 e. The number of carbonyl (C=O) groups is 2. The molecular formula is C33H39F4N3O4. The summed E-state index contributed by atoms with van der Waals surface area (Å²) in [7, 11) is 3.41. The van der Waals surface area contributed by atoms with Crippen LogP contribution >= 0.6 is 0 Å². The van der Waals surface area contributed by atoms with E-state index in [0.717, 1.165) is 27.5 Å². The normalized spacial score (nSPS) is 13.2. The van der Waals surface area contributed by atoms with Crippen molar-refractivity contribution < 1.29 is 32.3 Å². The van der Waals surface area contributed by atoms with Crippen molar-refractivity contribution in [1.29, 1.82) is 0 Å². The molecule has 2 atom stereocenters. The Balaban J connectivity index is 2.11. The smallest absolute Gasteiger partial charge is 0.416 e. The molecule has 0 saturated heterocycles. The van der Waals surface area contributed by atoms with Crippen LogP contribution in [-0.2, 0) is 22.2 Å². The summed E-state index contributed by atoms with van der Waals surface area (Å²) in [6.45, 7) is 7.37. The largest absolute Gasteiger partial charge is 0.481 e. The van der Waals surface area contributed by atoms with Crippen LogP contribution in [-0.4, -0.2) is 47.1 Å². The van der Waals surface area contributed by atoms with Crippen LogP contribution in [0.2, 0.25) is 0 Å². The van der Waals surface area contributed by atoms with Gasteiger partial charge in [0.25, 0.3) is 5.56 Å². The first kappa shape index (κ1) is 34.5. The lowest BCUT2D eigenvalue weighted by Gasteiger charge is -2.26. The fourth-order valence-electron chi connectivity index (χ4n) is 5.46.